The van der Waals surface area contributed by atoms with Crippen molar-refractivity contribution in [1.29, 1.82) is 0 Å². The third-order valence-electron chi connectivity index (χ3n) is 1.34. The summed E-state index contributed by atoms with van der Waals surface area (Å²) < 4.78 is 10.5. The summed E-state index contributed by atoms with van der Waals surface area (Å²) in [4.78, 5) is 11.1. The van der Waals surface area contributed by atoms with Crippen LogP contribution in [0, 0.1) is 0 Å². The minimum atomic E-state index is -1.14. The van der Waals surface area contributed by atoms with E-state index in [2.05, 4.69) is 6.58 Å². The van der Waals surface area contributed by atoms with Crippen LogP contribution < -0.4 is 0 Å². The Morgan fingerprint density at radius 2 is 2.08 bits per heavy atom. The summed E-state index contributed by atoms with van der Waals surface area (Å²) in [6.07, 6.45) is 0.292. The van der Waals surface area contributed by atoms with Gasteiger partial charge in [0.15, 0.2) is 15.3 Å². The van der Waals surface area contributed by atoms with Gasteiger partial charge in [0.1, 0.15) is 0 Å². The molecule has 0 heterocycles. The van der Waals surface area contributed by atoms with E-state index in [1.54, 1.807) is 6.92 Å². The van der Waals surface area contributed by atoms with Crippen LogP contribution in [0.2, 0.25) is 13.1 Å². The Bertz CT molecular complexity index is 189. The van der Waals surface area contributed by atoms with Gasteiger partial charge in [-0.05, 0) is 20.0 Å². The van der Waals surface area contributed by atoms with Crippen LogP contribution in [0.15, 0.2) is 12.2 Å². The molecule has 76 valence electrons. The van der Waals surface area contributed by atoms with Gasteiger partial charge in [0.05, 0.1) is 0 Å². The summed E-state index contributed by atoms with van der Waals surface area (Å²) in [5, 5.41) is 0. The summed E-state index contributed by atoms with van der Waals surface area (Å²) >= 11 is 0. The van der Waals surface area contributed by atoms with Crippen LogP contribution in [-0.4, -0.2) is 21.3 Å². The molecule has 0 fully saturated rings. The molecule has 0 rings (SSSR count). The van der Waals surface area contributed by atoms with Gasteiger partial charge in [-0.2, -0.15) is 0 Å². The molecule has 0 spiro atoms. The highest BCUT2D eigenvalue weighted by Crippen LogP contribution is 2.05. The van der Waals surface area contributed by atoms with Crippen LogP contribution in [-0.2, 0) is 14.0 Å². The summed E-state index contributed by atoms with van der Waals surface area (Å²) in [5.74, 6) is -0.374. The van der Waals surface area contributed by atoms with E-state index < -0.39 is 15.3 Å². The zero-order valence-corrected chi connectivity index (χ0v) is 9.95. The van der Waals surface area contributed by atoms with Gasteiger partial charge >= 0.3 is 5.97 Å². The van der Waals surface area contributed by atoms with Crippen LogP contribution in [0.25, 0.3) is 0 Å². The zero-order chi connectivity index (χ0) is 10.4. The van der Waals surface area contributed by atoms with Crippen molar-refractivity contribution in [1.82, 2.24) is 0 Å². The van der Waals surface area contributed by atoms with Crippen LogP contribution in [0.5, 0.6) is 0 Å². The van der Waals surface area contributed by atoms with E-state index in [0.29, 0.717) is 12.0 Å². The van der Waals surface area contributed by atoms with Crippen LogP contribution >= 0.6 is 0 Å². The van der Waals surface area contributed by atoms with Crippen molar-refractivity contribution in [2.75, 3.05) is 0 Å². The van der Waals surface area contributed by atoms with E-state index in [1.807, 2.05) is 20.0 Å². The lowest BCUT2D eigenvalue weighted by atomic mass is 10.3. The van der Waals surface area contributed by atoms with E-state index in [0.717, 1.165) is 0 Å². The molecule has 0 bridgehead atoms. The monoisotopic (exact) mass is 202 g/mol. The first-order chi connectivity index (χ1) is 5.97. The molecule has 0 amide bonds. The van der Waals surface area contributed by atoms with E-state index in [4.69, 9.17) is 9.16 Å². The number of esters is 1. The third kappa shape index (κ3) is 5.60. The Kier molecular flexibility index (Phi) is 5.66. The van der Waals surface area contributed by atoms with Crippen LogP contribution in [0.1, 0.15) is 20.3 Å². The van der Waals surface area contributed by atoms with Gasteiger partial charge in [-0.3, -0.25) is 0 Å². The van der Waals surface area contributed by atoms with Crippen molar-refractivity contribution in [3.63, 3.8) is 0 Å². The van der Waals surface area contributed by atoms with E-state index >= 15 is 0 Å². The quantitative estimate of drug-likeness (QED) is 0.295. The topological polar surface area (TPSA) is 35.5 Å². The summed E-state index contributed by atoms with van der Waals surface area (Å²) in [5.41, 5.74) is 0.410. The second-order valence-corrected chi connectivity index (χ2v) is 5.58. The fraction of sp³-hybridized carbons (Fsp3) is 0.667. The Morgan fingerprint density at radius 3 is 2.38 bits per heavy atom. The maximum Gasteiger partial charge on any atom is 0.335 e. The fourth-order valence-electron chi connectivity index (χ4n) is 0.731. The molecule has 0 saturated carbocycles. The Balaban J connectivity index is 3.97. The predicted molar refractivity (Wildman–Crippen MR) is 54.9 cm³/mol. The number of hydrogen-bond acceptors (Lipinski definition) is 3. The predicted octanol–water partition coefficient (Wildman–Crippen LogP) is 1.84. The first-order valence-corrected chi connectivity index (χ1v) is 7.27. The van der Waals surface area contributed by atoms with Gasteiger partial charge < -0.3 is 9.16 Å². The van der Waals surface area contributed by atoms with E-state index in [1.165, 1.54) is 0 Å². The third-order valence-corrected chi connectivity index (χ3v) is 2.19. The molecular weight excluding hydrogens is 184 g/mol. The molecule has 13 heavy (non-hydrogen) atoms. The van der Waals surface area contributed by atoms with Gasteiger partial charge in [-0.15, -0.1) is 0 Å². The molecule has 0 N–H and O–H groups in total. The van der Waals surface area contributed by atoms with Gasteiger partial charge in [0, 0.05) is 12.0 Å². The number of hydrogen-bond donors (Lipinski definition) is 0. The lowest BCUT2D eigenvalue weighted by Gasteiger charge is -2.18. The molecule has 4 heteroatoms. The first kappa shape index (κ1) is 12.4. The smallest absolute Gasteiger partial charge is 0.335 e. The molecular formula is C9H18O3Si. The largest absolute Gasteiger partial charge is 0.433 e. The number of carbonyl (C=O) groups excluding carboxylic acids is 1. The minimum Gasteiger partial charge on any atom is -0.433 e. The number of ether oxygens (including phenoxy) is 1. The second-order valence-electron chi connectivity index (χ2n) is 3.21. The lowest BCUT2D eigenvalue weighted by molar-refractivity contribution is -0.159. The Hall–Kier alpha value is -0.613. The van der Waals surface area contributed by atoms with Crippen molar-refractivity contribution in [3.8, 4) is 0 Å². The molecule has 0 aromatic carbocycles. The first-order valence-electron chi connectivity index (χ1n) is 4.49. The van der Waals surface area contributed by atoms with Gasteiger partial charge in [0.25, 0.3) is 0 Å². The molecule has 0 aliphatic heterocycles. The van der Waals surface area contributed by atoms with Crippen LogP contribution in [0.3, 0.4) is 0 Å². The van der Waals surface area contributed by atoms with E-state index in [9.17, 15) is 4.79 Å². The molecule has 0 radical (unpaired) electrons. The number of rotatable bonds is 5. The Labute approximate surface area is 81.5 Å². The summed E-state index contributed by atoms with van der Waals surface area (Å²) in [7, 11) is -1.14. The molecule has 1 unspecified atom stereocenters. The maximum absolute atomic E-state index is 11.1. The van der Waals surface area contributed by atoms with Crippen molar-refractivity contribution < 1.29 is 14.0 Å². The minimum absolute atomic E-state index is 0.374. The van der Waals surface area contributed by atoms with Gasteiger partial charge in [0.2, 0.25) is 0 Å². The second kappa shape index (κ2) is 5.94. The van der Waals surface area contributed by atoms with E-state index in [-0.39, 0.29) is 5.97 Å². The highest BCUT2D eigenvalue weighted by molar-refractivity contribution is 6.48. The molecule has 0 aromatic heterocycles. The molecule has 0 aromatic rings. The molecule has 0 saturated heterocycles. The summed E-state index contributed by atoms with van der Waals surface area (Å²) in [6, 6.07) is 0. The van der Waals surface area contributed by atoms with Gasteiger partial charge in [-0.25, -0.2) is 4.79 Å². The maximum atomic E-state index is 11.1. The fourth-order valence-corrected chi connectivity index (χ4v) is 1.59. The highest BCUT2D eigenvalue weighted by atomic mass is 28.3. The Morgan fingerprint density at radius 1 is 1.54 bits per heavy atom. The lowest BCUT2D eigenvalue weighted by Crippen LogP contribution is -2.25. The average molecular weight is 202 g/mol. The number of carbonyl (C=O) groups is 1. The molecule has 0 aliphatic rings. The van der Waals surface area contributed by atoms with Gasteiger partial charge in [-0.1, -0.05) is 13.5 Å². The molecule has 0 aliphatic carbocycles. The molecule has 3 nitrogen and oxygen atoms in total. The van der Waals surface area contributed by atoms with Crippen molar-refractivity contribution in [3.05, 3.63) is 12.2 Å². The van der Waals surface area contributed by atoms with Crippen molar-refractivity contribution >= 4 is 15.0 Å². The van der Waals surface area contributed by atoms with Crippen molar-refractivity contribution in [2.45, 2.75) is 39.7 Å². The average Bonchev–Trinajstić information content (AvgIpc) is 2.02. The SMILES string of the molecule is C=C(C)C(=O)OC(CC)O[SiH](C)C. The zero-order valence-electron chi connectivity index (χ0n) is 8.79. The van der Waals surface area contributed by atoms with Crippen LogP contribution in [0.4, 0.5) is 0 Å². The molecule has 1 atom stereocenters. The summed E-state index contributed by atoms with van der Waals surface area (Å²) in [6.45, 7) is 11.1. The van der Waals surface area contributed by atoms with Crippen molar-refractivity contribution in [2.24, 2.45) is 0 Å². The highest BCUT2D eigenvalue weighted by Gasteiger charge is 2.14. The normalized spacial score (nSPS) is 12.7. The standard InChI is InChI=1S/C9H18O3Si/c1-6-8(12-13(4)5)11-9(10)7(2)3/h8,13H,2,6H2,1,3-5H3.